The predicted molar refractivity (Wildman–Crippen MR) is 48.3 cm³/mol. The molecule has 0 aromatic heterocycles. The van der Waals surface area contributed by atoms with E-state index in [0.717, 1.165) is 19.5 Å². The first kappa shape index (κ1) is 9.96. The molecule has 0 aromatic carbocycles. The third-order valence-corrected chi connectivity index (χ3v) is 2.46. The predicted octanol–water partition coefficient (Wildman–Crippen LogP) is 0.790. The fourth-order valence-electron chi connectivity index (χ4n) is 1.66. The molecule has 0 radical (unpaired) electrons. The van der Waals surface area contributed by atoms with E-state index in [0.29, 0.717) is 0 Å². The van der Waals surface area contributed by atoms with Gasteiger partial charge in [-0.15, -0.1) is 0 Å². The number of ether oxygens (including phenoxy) is 2. The largest absolute Gasteiger partial charge is 0.379 e. The van der Waals surface area contributed by atoms with Crippen LogP contribution in [0, 0.1) is 0 Å². The van der Waals surface area contributed by atoms with Gasteiger partial charge in [0, 0.05) is 20.8 Å². The minimum Gasteiger partial charge on any atom is -0.379 e. The second-order valence-electron chi connectivity index (χ2n) is 3.25. The molecule has 1 rings (SSSR count). The molecule has 1 heterocycles. The zero-order chi connectivity index (χ0) is 8.81. The van der Waals surface area contributed by atoms with Gasteiger partial charge in [0.15, 0.2) is 0 Å². The summed E-state index contributed by atoms with van der Waals surface area (Å²) in [6.07, 6.45) is 4.08. The van der Waals surface area contributed by atoms with Crippen molar-refractivity contribution in [1.29, 1.82) is 0 Å². The van der Waals surface area contributed by atoms with Crippen LogP contribution in [0.2, 0.25) is 0 Å². The van der Waals surface area contributed by atoms with Crippen LogP contribution in [0.4, 0.5) is 0 Å². The highest BCUT2D eigenvalue weighted by Crippen LogP contribution is 2.12. The standard InChI is InChI=1S/C9H19NO2/c1-11-8-5-3-4-6-10-7-9(8)12-2/h8-10H,3-7H2,1-2H3. The van der Waals surface area contributed by atoms with Crippen LogP contribution < -0.4 is 5.32 Å². The second-order valence-corrected chi connectivity index (χ2v) is 3.25. The SMILES string of the molecule is COC1CCCCNCC1OC. The van der Waals surface area contributed by atoms with E-state index >= 15 is 0 Å². The Morgan fingerprint density at radius 1 is 1.08 bits per heavy atom. The number of methoxy groups -OCH3 is 2. The molecule has 0 bridgehead atoms. The molecule has 1 saturated heterocycles. The zero-order valence-electron chi connectivity index (χ0n) is 8.01. The van der Waals surface area contributed by atoms with Gasteiger partial charge < -0.3 is 14.8 Å². The van der Waals surface area contributed by atoms with E-state index in [2.05, 4.69) is 5.32 Å². The molecule has 0 amide bonds. The fraction of sp³-hybridized carbons (Fsp3) is 1.00. The first-order chi connectivity index (χ1) is 5.88. The summed E-state index contributed by atoms with van der Waals surface area (Å²) in [7, 11) is 3.51. The Kier molecular flexibility index (Phi) is 4.58. The van der Waals surface area contributed by atoms with Gasteiger partial charge in [-0.1, -0.05) is 0 Å². The van der Waals surface area contributed by atoms with Crippen LogP contribution in [0.1, 0.15) is 19.3 Å². The average molecular weight is 173 g/mol. The lowest BCUT2D eigenvalue weighted by Gasteiger charge is -2.27. The summed E-state index contributed by atoms with van der Waals surface area (Å²) in [6.45, 7) is 2.02. The van der Waals surface area contributed by atoms with Gasteiger partial charge in [0.1, 0.15) is 0 Å². The third kappa shape index (κ3) is 2.73. The number of hydrogen-bond donors (Lipinski definition) is 1. The summed E-state index contributed by atoms with van der Waals surface area (Å²) in [5.41, 5.74) is 0. The van der Waals surface area contributed by atoms with Crippen molar-refractivity contribution < 1.29 is 9.47 Å². The molecule has 2 unspecified atom stereocenters. The van der Waals surface area contributed by atoms with Crippen molar-refractivity contribution >= 4 is 0 Å². The maximum absolute atomic E-state index is 5.37. The van der Waals surface area contributed by atoms with Crippen LogP contribution in [0.15, 0.2) is 0 Å². The maximum Gasteiger partial charge on any atom is 0.0956 e. The minimum atomic E-state index is 0.218. The zero-order valence-corrected chi connectivity index (χ0v) is 8.01. The van der Waals surface area contributed by atoms with Gasteiger partial charge in [-0.3, -0.25) is 0 Å². The molecule has 0 aliphatic carbocycles. The molecule has 0 saturated carbocycles. The summed E-state index contributed by atoms with van der Waals surface area (Å²) in [5.74, 6) is 0. The molecule has 0 aromatic rings. The van der Waals surface area contributed by atoms with Crippen LogP contribution >= 0.6 is 0 Å². The number of rotatable bonds is 2. The van der Waals surface area contributed by atoms with Crippen molar-refractivity contribution in [3.05, 3.63) is 0 Å². The lowest BCUT2D eigenvalue weighted by molar-refractivity contribution is -0.0420. The summed E-state index contributed by atoms with van der Waals surface area (Å²) in [4.78, 5) is 0. The Morgan fingerprint density at radius 2 is 1.83 bits per heavy atom. The summed E-state index contributed by atoms with van der Waals surface area (Å²) in [6, 6.07) is 0. The second kappa shape index (κ2) is 5.51. The van der Waals surface area contributed by atoms with Gasteiger partial charge >= 0.3 is 0 Å². The first-order valence-corrected chi connectivity index (χ1v) is 4.64. The molecule has 2 atom stereocenters. The van der Waals surface area contributed by atoms with Crippen molar-refractivity contribution in [2.75, 3.05) is 27.3 Å². The van der Waals surface area contributed by atoms with E-state index in [9.17, 15) is 0 Å². The number of hydrogen-bond acceptors (Lipinski definition) is 3. The molecule has 1 aliphatic heterocycles. The molecule has 1 N–H and O–H groups in total. The molecule has 72 valence electrons. The van der Waals surface area contributed by atoms with E-state index in [-0.39, 0.29) is 12.2 Å². The Morgan fingerprint density at radius 3 is 2.50 bits per heavy atom. The van der Waals surface area contributed by atoms with Crippen molar-refractivity contribution in [2.24, 2.45) is 0 Å². The lowest BCUT2D eigenvalue weighted by atomic mass is 10.0. The quantitative estimate of drug-likeness (QED) is 0.669. The lowest BCUT2D eigenvalue weighted by Crippen LogP contribution is -2.40. The summed E-state index contributed by atoms with van der Waals surface area (Å²) < 4.78 is 10.7. The third-order valence-electron chi connectivity index (χ3n) is 2.46. The highest BCUT2D eigenvalue weighted by Gasteiger charge is 2.21. The molecule has 1 fully saturated rings. The van der Waals surface area contributed by atoms with Gasteiger partial charge in [-0.05, 0) is 25.8 Å². The molecule has 3 nitrogen and oxygen atoms in total. The highest BCUT2D eigenvalue weighted by molar-refractivity contribution is 4.75. The molecule has 1 aliphatic rings. The van der Waals surface area contributed by atoms with Gasteiger partial charge in [0.2, 0.25) is 0 Å². The normalized spacial score (nSPS) is 32.5. The highest BCUT2D eigenvalue weighted by atomic mass is 16.5. The Hall–Kier alpha value is -0.120. The molecule has 0 spiro atoms. The molecular weight excluding hydrogens is 154 g/mol. The van der Waals surface area contributed by atoms with Crippen molar-refractivity contribution in [3.8, 4) is 0 Å². The van der Waals surface area contributed by atoms with E-state index < -0.39 is 0 Å². The molecule has 3 heteroatoms. The fourth-order valence-corrected chi connectivity index (χ4v) is 1.66. The van der Waals surface area contributed by atoms with Gasteiger partial charge in [-0.25, -0.2) is 0 Å². The minimum absolute atomic E-state index is 0.218. The Labute approximate surface area is 74.4 Å². The van der Waals surface area contributed by atoms with E-state index in [4.69, 9.17) is 9.47 Å². The smallest absolute Gasteiger partial charge is 0.0956 e. The Balaban J connectivity index is 2.39. The molecular formula is C9H19NO2. The van der Waals surface area contributed by atoms with Crippen molar-refractivity contribution in [1.82, 2.24) is 5.32 Å². The van der Waals surface area contributed by atoms with Crippen molar-refractivity contribution in [2.45, 2.75) is 31.5 Å². The van der Waals surface area contributed by atoms with Crippen LogP contribution in [0.5, 0.6) is 0 Å². The van der Waals surface area contributed by atoms with E-state index in [1.54, 1.807) is 14.2 Å². The van der Waals surface area contributed by atoms with Crippen LogP contribution in [0.3, 0.4) is 0 Å². The van der Waals surface area contributed by atoms with Crippen LogP contribution in [0.25, 0.3) is 0 Å². The Bertz CT molecular complexity index is 105. The van der Waals surface area contributed by atoms with Gasteiger partial charge in [-0.2, -0.15) is 0 Å². The number of nitrogens with one attached hydrogen (secondary N) is 1. The van der Waals surface area contributed by atoms with Gasteiger partial charge in [0.05, 0.1) is 12.2 Å². The van der Waals surface area contributed by atoms with Gasteiger partial charge in [0.25, 0.3) is 0 Å². The van der Waals surface area contributed by atoms with Crippen LogP contribution in [-0.4, -0.2) is 39.5 Å². The van der Waals surface area contributed by atoms with Crippen molar-refractivity contribution in [3.63, 3.8) is 0 Å². The average Bonchev–Trinajstić information content (AvgIpc) is 2.05. The maximum atomic E-state index is 5.37. The summed E-state index contributed by atoms with van der Waals surface area (Å²) >= 11 is 0. The van der Waals surface area contributed by atoms with E-state index in [1.165, 1.54) is 12.8 Å². The van der Waals surface area contributed by atoms with Crippen LogP contribution in [-0.2, 0) is 9.47 Å². The molecule has 12 heavy (non-hydrogen) atoms. The summed E-state index contributed by atoms with van der Waals surface area (Å²) in [5, 5.41) is 3.35. The topological polar surface area (TPSA) is 30.5 Å². The monoisotopic (exact) mass is 173 g/mol. The first-order valence-electron chi connectivity index (χ1n) is 4.64. The van der Waals surface area contributed by atoms with E-state index in [1.807, 2.05) is 0 Å².